The van der Waals surface area contributed by atoms with E-state index in [-0.39, 0.29) is 18.0 Å². The normalized spacial score (nSPS) is 18.4. The molecule has 3 aromatic rings. The molecular formula is C29H36N2O2Si. The van der Waals surface area contributed by atoms with Crippen LogP contribution in [-0.2, 0) is 14.8 Å². The Balaban J connectivity index is 1.71. The van der Waals surface area contributed by atoms with Crippen LogP contribution in [0.2, 0.25) is 19.1 Å². The molecule has 1 aliphatic rings. The van der Waals surface area contributed by atoms with Crippen molar-refractivity contribution in [3.05, 3.63) is 108 Å². The van der Waals surface area contributed by atoms with Crippen LogP contribution in [-0.4, -0.2) is 32.9 Å². The van der Waals surface area contributed by atoms with Gasteiger partial charge in [-0.05, 0) is 41.7 Å². The fourth-order valence-electron chi connectivity index (χ4n) is 5.15. The molecule has 2 N–H and O–H groups in total. The molecule has 178 valence electrons. The summed E-state index contributed by atoms with van der Waals surface area (Å²) in [6, 6.07) is 31.9. The second kappa shape index (κ2) is 10.3. The highest BCUT2D eigenvalue weighted by molar-refractivity contribution is 6.71. The largest absolute Gasteiger partial charge is 0.415 e. The summed E-state index contributed by atoms with van der Waals surface area (Å²) >= 11 is 0. The summed E-state index contributed by atoms with van der Waals surface area (Å²) in [6.07, 6.45) is 0. The second-order valence-corrected chi connectivity index (χ2v) is 14.5. The quantitative estimate of drug-likeness (QED) is 0.239. The van der Waals surface area contributed by atoms with Crippen molar-refractivity contribution < 1.29 is 9.22 Å². The van der Waals surface area contributed by atoms with E-state index >= 15 is 0 Å². The van der Waals surface area contributed by atoms with Crippen LogP contribution in [0.1, 0.15) is 30.5 Å². The van der Waals surface area contributed by atoms with E-state index in [4.69, 9.17) is 4.43 Å². The first-order valence-electron chi connectivity index (χ1n) is 12.2. The van der Waals surface area contributed by atoms with Crippen LogP contribution < -0.4 is 10.6 Å². The predicted molar refractivity (Wildman–Crippen MR) is 141 cm³/mol. The Morgan fingerprint density at radius 2 is 1.29 bits per heavy atom. The monoisotopic (exact) mass is 472 g/mol. The van der Waals surface area contributed by atoms with Gasteiger partial charge in [-0.1, -0.05) is 105 Å². The molecule has 3 aromatic carbocycles. The number of benzene rings is 3. The summed E-state index contributed by atoms with van der Waals surface area (Å²) in [5, 5.41) is 6.91. The van der Waals surface area contributed by atoms with Gasteiger partial charge in [-0.15, -0.1) is 0 Å². The molecule has 0 aliphatic carbocycles. The number of carbonyl (C=O) groups is 1. The number of carbonyl (C=O) groups excluding carboxylic acids is 1. The number of β-lactam (4-membered cyclic amide) rings is 1. The Kier molecular flexibility index (Phi) is 7.36. The highest BCUT2D eigenvalue weighted by atomic mass is 28.4. The topological polar surface area (TPSA) is 50.4 Å². The molecule has 0 saturated carbocycles. The van der Waals surface area contributed by atoms with Gasteiger partial charge in [0.2, 0.25) is 5.91 Å². The van der Waals surface area contributed by atoms with Gasteiger partial charge in [0.15, 0.2) is 8.32 Å². The van der Waals surface area contributed by atoms with Crippen LogP contribution in [0.3, 0.4) is 0 Å². The standard InChI is InChI=1S/C29H36N2O2Si/c1-22(2)21-34(3,4)33-20-26-27(28(32)30-26)31-29(23-14-8-5-9-15-23,24-16-10-6-11-17-24)25-18-12-7-13-19-25/h5-19,22,26-27,31H,20-21H2,1-4H3,(H,30,32)/t26-,27+/m1/s1. The first-order chi connectivity index (χ1) is 16.3. The third-order valence-electron chi connectivity index (χ3n) is 6.56. The van der Waals surface area contributed by atoms with Crippen LogP contribution in [0.15, 0.2) is 91.0 Å². The molecule has 0 unspecified atom stereocenters. The SMILES string of the molecule is CC(C)C[Si](C)(C)OC[C@H]1NC(=O)[C@H]1NC(c1ccccc1)(c1ccccc1)c1ccccc1. The average Bonchev–Trinajstić information content (AvgIpc) is 2.83. The van der Waals surface area contributed by atoms with Crippen LogP contribution in [0, 0.1) is 5.92 Å². The van der Waals surface area contributed by atoms with Gasteiger partial charge in [0.25, 0.3) is 0 Å². The third kappa shape index (κ3) is 5.17. The van der Waals surface area contributed by atoms with Crippen LogP contribution >= 0.6 is 0 Å². The summed E-state index contributed by atoms with van der Waals surface area (Å²) in [4.78, 5) is 12.9. The zero-order valence-electron chi connectivity index (χ0n) is 20.6. The van der Waals surface area contributed by atoms with Crippen molar-refractivity contribution in [1.82, 2.24) is 10.6 Å². The molecule has 34 heavy (non-hydrogen) atoms. The summed E-state index contributed by atoms with van der Waals surface area (Å²) in [7, 11) is -1.79. The lowest BCUT2D eigenvalue weighted by atomic mass is 9.75. The minimum absolute atomic E-state index is 0.0177. The molecule has 1 amide bonds. The zero-order chi connectivity index (χ0) is 24.2. The van der Waals surface area contributed by atoms with E-state index in [0.29, 0.717) is 12.5 Å². The van der Waals surface area contributed by atoms with E-state index < -0.39 is 13.9 Å². The maximum Gasteiger partial charge on any atom is 0.239 e. The first kappa shape index (κ1) is 24.4. The van der Waals surface area contributed by atoms with Gasteiger partial charge < -0.3 is 9.74 Å². The Morgan fingerprint density at radius 3 is 1.68 bits per heavy atom. The van der Waals surface area contributed by atoms with E-state index in [0.717, 1.165) is 22.7 Å². The lowest BCUT2D eigenvalue weighted by molar-refractivity contribution is -0.133. The average molecular weight is 473 g/mol. The number of nitrogens with one attached hydrogen (secondary N) is 2. The van der Waals surface area contributed by atoms with Crippen molar-refractivity contribution in [1.29, 1.82) is 0 Å². The van der Waals surface area contributed by atoms with Gasteiger partial charge in [0.1, 0.15) is 6.04 Å². The van der Waals surface area contributed by atoms with Crippen molar-refractivity contribution in [3.8, 4) is 0 Å². The van der Waals surface area contributed by atoms with Gasteiger partial charge >= 0.3 is 0 Å². The van der Waals surface area contributed by atoms with E-state index in [1.165, 1.54) is 0 Å². The molecule has 4 rings (SSSR count). The molecule has 0 bridgehead atoms. The van der Waals surface area contributed by atoms with Crippen LogP contribution in [0.5, 0.6) is 0 Å². The molecule has 1 aliphatic heterocycles. The van der Waals surface area contributed by atoms with Crippen LogP contribution in [0.4, 0.5) is 0 Å². The minimum atomic E-state index is -1.79. The van der Waals surface area contributed by atoms with E-state index in [1.807, 2.05) is 18.2 Å². The Hall–Kier alpha value is -2.73. The molecule has 5 heteroatoms. The third-order valence-corrected chi connectivity index (χ3v) is 9.31. The molecule has 4 nitrogen and oxygen atoms in total. The highest BCUT2D eigenvalue weighted by Crippen LogP contribution is 2.38. The lowest BCUT2D eigenvalue weighted by Crippen LogP contribution is -2.73. The molecule has 0 radical (unpaired) electrons. The smallest absolute Gasteiger partial charge is 0.239 e. The van der Waals surface area contributed by atoms with E-state index in [1.54, 1.807) is 0 Å². The number of rotatable bonds is 10. The van der Waals surface area contributed by atoms with E-state index in [2.05, 4.69) is 110 Å². The summed E-state index contributed by atoms with van der Waals surface area (Å²) in [5.74, 6) is 0.623. The van der Waals surface area contributed by atoms with Crippen LogP contribution in [0.25, 0.3) is 0 Å². The molecule has 0 aromatic heterocycles. The Bertz CT molecular complexity index is 974. The van der Waals surface area contributed by atoms with Crippen molar-refractivity contribution in [2.24, 2.45) is 5.92 Å². The minimum Gasteiger partial charge on any atom is -0.415 e. The zero-order valence-corrected chi connectivity index (χ0v) is 21.6. The summed E-state index contributed by atoms with van der Waals surface area (Å²) in [6.45, 7) is 9.53. The molecule has 1 fully saturated rings. The molecule has 1 heterocycles. The molecule has 0 spiro atoms. The molecule has 2 atom stereocenters. The summed E-state index contributed by atoms with van der Waals surface area (Å²) < 4.78 is 6.44. The fourth-order valence-corrected chi connectivity index (χ4v) is 7.87. The van der Waals surface area contributed by atoms with Gasteiger partial charge in [0.05, 0.1) is 18.2 Å². The first-order valence-corrected chi connectivity index (χ1v) is 15.3. The number of hydrogen-bond acceptors (Lipinski definition) is 3. The van der Waals surface area contributed by atoms with Gasteiger partial charge in [-0.25, -0.2) is 0 Å². The lowest BCUT2D eigenvalue weighted by Gasteiger charge is -2.46. The van der Waals surface area contributed by atoms with Gasteiger partial charge in [-0.2, -0.15) is 0 Å². The maximum absolute atomic E-state index is 12.9. The van der Waals surface area contributed by atoms with Crippen molar-refractivity contribution in [2.75, 3.05) is 6.61 Å². The highest BCUT2D eigenvalue weighted by Gasteiger charge is 2.47. The maximum atomic E-state index is 12.9. The second-order valence-electron chi connectivity index (χ2n) is 10.3. The van der Waals surface area contributed by atoms with E-state index in [9.17, 15) is 4.79 Å². The van der Waals surface area contributed by atoms with Crippen molar-refractivity contribution in [3.63, 3.8) is 0 Å². The Labute approximate surface area is 204 Å². The van der Waals surface area contributed by atoms with Crippen molar-refractivity contribution in [2.45, 2.75) is 50.6 Å². The number of hydrogen-bond donors (Lipinski definition) is 2. The molecule has 1 saturated heterocycles. The fraction of sp³-hybridized carbons (Fsp3) is 0.345. The number of amides is 1. The van der Waals surface area contributed by atoms with Crippen molar-refractivity contribution >= 4 is 14.2 Å². The summed E-state index contributed by atoms with van der Waals surface area (Å²) in [5.41, 5.74) is 2.62. The van der Waals surface area contributed by atoms with Gasteiger partial charge in [0, 0.05) is 0 Å². The predicted octanol–water partition coefficient (Wildman–Crippen LogP) is 5.31. The molecular weight excluding hydrogens is 436 g/mol. The Morgan fingerprint density at radius 1 is 0.853 bits per heavy atom. The van der Waals surface area contributed by atoms with Gasteiger partial charge in [-0.3, -0.25) is 10.1 Å².